The van der Waals surface area contributed by atoms with Crippen molar-refractivity contribution in [3.8, 4) is 0 Å². The first-order valence-corrected chi connectivity index (χ1v) is 9.02. The number of amides is 1. The second kappa shape index (κ2) is 9.94. The number of halogens is 2. The lowest BCUT2D eigenvalue weighted by molar-refractivity contribution is -0.117. The van der Waals surface area contributed by atoms with Gasteiger partial charge in [-0.25, -0.2) is 0 Å². The molecule has 27 heavy (non-hydrogen) atoms. The molecular formula is C20H24ClIN4O. The van der Waals surface area contributed by atoms with Gasteiger partial charge in [0.15, 0.2) is 5.96 Å². The van der Waals surface area contributed by atoms with E-state index < -0.39 is 0 Å². The molecule has 1 heterocycles. The molecule has 0 fully saturated rings. The number of aliphatic imine (C=N–C) groups is 1. The summed E-state index contributed by atoms with van der Waals surface area (Å²) >= 11 is 5.93. The monoisotopic (exact) mass is 498 g/mol. The average molecular weight is 499 g/mol. The van der Waals surface area contributed by atoms with Gasteiger partial charge < -0.3 is 15.5 Å². The zero-order valence-corrected chi connectivity index (χ0v) is 18.5. The van der Waals surface area contributed by atoms with E-state index in [-0.39, 0.29) is 35.8 Å². The van der Waals surface area contributed by atoms with Gasteiger partial charge in [0.05, 0.1) is 5.92 Å². The molecule has 0 radical (unpaired) electrons. The van der Waals surface area contributed by atoms with E-state index in [9.17, 15) is 4.79 Å². The molecule has 0 bridgehead atoms. The first-order chi connectivity index (χ1) is 12.6. The minimum Gasteiger partial charge on any atom is -0.356 e. The van der Waals surface area contributed by atoms with Crippen molar-refractivity contribution >= 4 is 53.1 Å². The first kappa shape index (κ1) is 21.5. The molecule has 2 aromatic carbocycles. The lowest BCUT2D eigenvalue weighted by atomic mass is 9.97. The Morgan fingerprint density at radius 2 is 1.93 bits per heavy atom. The Balaban J connectivity index is 0.00000261. The highest BCUT2D eigenvalue weighted by Crippen LogP contribution is 2.33. The van der Waals surface area contributed by atoms with Crippen LogP contribution < -0.4 is 10.6 Å². The van der Waals surface area contributed by atoms with Crippen LogP contribution in [0.3, 0.4) is 0 Å². The molecular weight excluding hydrogens is 475 g/mol. The van der Waals surface area contributed by atoms with Crippen molar-refractivity contribution in [1.82, 2.24) is 10.2 Å². The summed E-state index contributed by atoms with van der Waals surface area (Å²) in [4.78, 5) is 18.6. The van der Waals surface area contributed by atoms with Gasteiger partial charge in [0.25, 0.3) is 0 Å². The van der Waals surface area contributed by atoms with E-state index in [1.165, 1.54) is 0 Å². The van der Waals surface area contributed by atoms with E-state index in [2.05, 4.69) is 15.6 Å². The number of rotatable bonds is 5. The van der Waals surface area contributed by atoms with Crippen LogP contribution in [-0.4, -0.2) is 37.4 Å². The van der Waals surface area contributed by atoms with Crippen LogP contribution >= 0.6 is 35.6 Å². The number of carbonyl (C=O) groups excluding carboxylic acids is 1. The van der Waals surface area contributed by atoms with Crippen LogP contribution in [0.1, 0.15) is 23.5 Å². The molecule has 7 heteroatoms. The fourth-order valence-corrected chi connectivity index (χ4v) is 3.34. The molecule has 1 aliphatic rings. The van der Waals surface area contributed by atoms with Crippen molar-refractivity contribution < 1.29 is 4.79 Å². The molecule has 0 aromatic heterocycles. The standard InChI is InChI=1S/C20H23ClN4O.HI/c1-22-20(25(2)13-14-7-9-15(21)10-8-14)23-12-11-17-16-5-3-4-6-18(16)24-19(17)26;/h3-10,17H,11-13H2,1-2H3,(H,22,23)(H,24,26);1H. The molecule has 5 nitrogen and oxygen atoms in total. The number of nitrogens with one attached hydrogen (secondary N) is 2. The van der Waals surface area contributed by atoms with Gasteiger partial charge in [0, 0.05) is 37.9 Å². The maximum absolute atomic E-state index is 12.2. The Morgan fingerprint density at radius 3 is 2.63 bits per heavy atom. The summed E-state index contributed by atoms with van der Waals surface area (Å²) in [5, 5.41) is 7.02. The molecule has 3 rings (SSSR count). The Kier molecular flexibility index (Phi) is 7.91. The molecule has 1 aliphatic heterocycles. The minimum absolute atomic E-state index is 0. The predicted molar refractivity (Wildman–Crippen MR) is 122 cm³/mol. The van der Waals surface area contributed by atoms with Crippen molar-refractivity contribution in [3.05, 3.63) is 64.7 Å². The molecule has 0 saturated heterocycles. The number of nitrogens with zero attached hydrogens (tertiary/aromatic N) is 2. The summed E-state index contributed by atoms with van der Waals surface area (Å²) in [7, 11) is 3.75. The van der Waals surface area contributed by atoms with Gasteiger partial charge in [-0.05, 0) is 35.7 Å². The van der Waals surface area contributed by atoms with Gasteiger partial charge in [-0.2, -0.15) is 0 Å². The van der Waals surface area contributed by atoms with Gasteiger partial charge in [-0.3, -0.25) is 9.79 Å². The van der Waals surface area contributed by atoms with Crippen LogP contribution in [0.25, 0.3) is 0 Å². The third kappa shape index (κ3) is 5.35. The van der Waals surface area contributed by atoms with Crippen molar-refractivity contribution in [2.45, 2.75) is 18.9 Å². The van der Waals surface area contributed by atoms with Crippen LogP contribution in [0.5, 0.6) is 0 Å². The summed E-state index contributed by atoms with van der Waals surface area (Å²) in [6.45, 7) is 1.40. The largest absolute Gasteiger partial charge is 0.356 e. The molecule has 2 N–H and O–H groups in total. The van der Waals surface area contributed by atoms with Gasteiger partial charge in [-0.15, -0.1) is 24.0 Å². The van der Waals surface area contributed by atoms with Gasteiger partial charge >= 0.3 is 0 Å². The van der Waals surface area contributed by atoms with Crippen LogP contribution in [0.15, 0.2) is 53.5 Å². The van der Waals surface area contributed by atoms with E-state index >= 15 is 0 Å². The van der Waals surface area contributed by atoms with Crippen LogP contribution in [0, 0.1) is 0 Å². The number of benzene rings is 2. The fourth-order valence-electron chi connectivity index (χ4n) is 3.21. The summed E-state index contributed by atoms with van der Waals surface area (Å²) in [6.07, 6.45) is 0.719. The van der Waals surface area contributed by atoms with Crippen molar-refractivity contribution in [3.63, 3.8) is 0 Å². The van der Waals surface area contributed by atoms with E-state index in [1.807, 2.05) is 60.5 Å². The summed E-state index contributed by atoms with van der Waals surface area (Å²) < 4.78 is 0. The molecule has 1 atom stereocenters. The Hall–Kier alpha value is -1.80. The molecule has 0 aliphatic carbocycles. The molecule has 144 valence electrons. The number of anilines is 1. The number of fused-ring (bicyclic) bond motifs is 1. The highest BCUT2D eigenvalue weighted by molar-refractivity contribution is 14.0. The maximum Gasteiger partial charge on any atom is 0.232 e. The van der Waals surface area contributed by atoms with Gasteiger partial charge in [0.1, 0.15) is 0 Å². The van der Waals surface area contributed by atoms with E-state index in [0.717, 1.165) is 40.8 Å². The Bertz CT molecular complexity index is 810. The third-order valence-electron chi connectivity index (χ3n) is 4.53. The van der Waals surface area contributed by atoms with E-state index in [4.69, 9.17) is 11.6 Å². The number of para-hydroxylation sites is 1. The maximum atomic E-state index is 12.2. The predicted octanol–water partition coefficient (Wildman–Crippen LogP) is 4.09. The van der Waals surface area contributed by atoms with E-state index in [0.29, 0.717) is 6.54 Å². The smallest absolute Gasteiger partial charge is 0.232 e. The van der Waals surface area contributed by atoms with E-state index in [1.54, 1.807) is 7.05 Å². The molecule has 1 amide bonds. The SMILES string of the molecule is CN=C(NCCC1C(=O)Nc2ccccc21)N(C)Cc1ccc(Cl)cc1.I. The molecule has 0 spiro atoms. The van der Waals surface area contributed by atoms with Crippen LogP contribution in [-0.2, 0) is 11.3 Å². The normalized spacial score (nSPS) is 15.6. The topological polar surface area (TPSA) is 56.7 Å². The minimum atomic E-state index is -0.113. The highest BCUT2D eigenvalue weighted by atomic mass is 127. The lowest BCUT2D eigenvalue weighted by Crippen LogP contribution is -2.39. The summed E-state index contributed by atoms with van der Waals surface area (Å²) in [5.74, 6) is 0.752. The second-order valence-electron chi connectivity index (χ2n) is 6.37. The Labute approximate surface area is 182 Å². The molecule has 2 aromatic rings. The quantitative estimate of drug-likeness (QED) is 0.371. The Morgan fingerprint density at radius 1 is 1.22 bits per heavy atom. The van der Waals surface area contributed by atoms with Crippen LogP contribution in [0.2, 0.25) is 5.02 Å². The first-order valence-electron chi connectivity index (χ1n) is 8.64. The molecule has 0 saturated carbocycles. The average Bonchev–Trinajstić information content (AvgIpc) is 2.96. The van der Waals surface area contributed by atoms with Crippen molar-refractivity contribution in [2.24, 2.45) is 4.99 Å². The number of hydrogen-bond donors (Lipinski definition) is 2. The van der Waals surface area contributed by atoms with Gasteiger partial charge in [0.2, 0.25) is 5.91 Å². The third-order valence-corrected chi connectivity index (χ3v) is 4.79. The van der Waals surface area contributed by atoms with Crippen molar-refractivity contribution in [2.75, 3.05) is 26.0 Å². The van der Waals surface area contributed by atoms with Crippen LogP contribution in [0.4, 0.5) is 5.69 Å². The fraction of sp³-hybridized carbons (Fsp3) is 0.300. The zero-order chi connectivity index (χ0) is 18.5. The highest BCUT2D eigenvalue weighted by Gasteiger charge is 2.29. The number of carbonyl (C=O) groups is 1. The zero-order valence-electron chi connectivity index (χ0n) is 15.4. The summed E-state index contributed by atoms with van der Waals surface area (Å²) in [5.41, 5.74) is 3.15. The van der Waals surface area contributed by atoms with Crippen molar-refractivity contribution in [1.29, 1.82) is 0 Å². The number of guanidine groups is 1. The molecule has 1 unspecified atom stereocenters. The second-order valence-corrected chi connectivity index (χ2v) is 6.81. The summed E-state index contributed by atoms with van der Waals surface area (Å²) in [6, 6.07) is 15.6. The lowest BCUT2D eigenvalue weighted by Gasteiger charge is -2.22. The van der Waals surface area contributed by atoms with Gasteiger partial charge in [-0.1, -0.05) is 41.9 Å². The number of hydrogen-bond acceptors (Lipinski definition) is 2.